The summed E-state index contributed by atoms with van der Waals surface area (Å²) in [5.74, 6) is 0.137. The Bertz CT molecular complexity index is 445. The first-order chi connectivity index (χ1) is 9.66. The predicted octanol–water partition coefficient (Wildman–Crippen LogP) is 1.33. The van der Waals surface area contributed by atoms with Crippen molar-refractivity contribution in [2.24, 2.45) is 0 Å². The predicted molar refractivity (Wildman–Crippen MR) is 81.7 cm³/mol. The average Bonchev–Trinajstić information content (AvgIpc) is 2.44. The Morgan fingerprint density at radius 1 is 1.40 bits per heavy atom. The maximum atomic E-state index is 12.0. The molecule has 4 nitrogen and oxygen atoms in total. The second kappa shape index (κ2) is 7.41. The second-order valence-corrected chi connectivity index (χ2v) is 5.67. The minimum absolute atomic E-state index is 0.137. The highest BCUT2D eigenvalue weighted by Crippen LogP contribution is 2.24. The van der Waals surface area contributed by atoms with E-state index in [2.05, 4.69) is 33.7 Å². The fourth-order valence-corrected chi connectivity index (χ4v) is 2.66. The van der Waals surface area contributed by atoms with Crippen molar-refractivity contribution in [1.82, 2.24) is 15.5 Å². The lowest BCUT2D eigenvalue weighted by atomic mass is 9.92. The molecule has 1 amide bonds. The summed E-state index contributed by atoms with van der Waals surface area (Å²) in [5.41, 5.74) is 2.65. The van der Waals surface area contributed by atoms with Crippen LogP contribution in [0.5, 0.6) is 0 Å². The largest absolute Gasteiger partial charge is 0.356 e. The third kappa shape index (κ3) is 4.32. The monoisotopic (exact) mass is 275 g/mol. The van der Waals surface area contributed by atoms with E-state index in [4.69, 9.17) is 0 Å². The van der Waals surface area contributed by atoms with Crippen LogP contribution in [0.3, 0.4) is 0 Å². The molecule has 0 saturated heterocycles. The zero-order valence-electron chi connectivity index (χ0n) is 12.5. The molecule has 0 radical (unpaired) electrons. The van der Waals surface area contributed by atoms with Gasteiger partial charge < -0.3 is 15.5 Å². The van der Waals surface area contributed by atoms with E-state index in [9.17, 15) is 4.79 Å². The van der Waals surface area contributed by atoms with Gasteiger partial charge in [-0.2, -0.15) is 0 Å². The molecule has 2 rings (SSSR count). The van der Waals surface area contributed by atoms with Gasteiger partial charge in [0, 0.05) is 19.0 Å². The van der Waals surface area contributed by atoms with Crippen molar-refractivity contribution in [3.05, 3.63) is 35.4 Å². The number of hydrogen-bond acceptors (Lipinski definition) is 3. The molecule has 0 bridgehead atoms. The minimum atomic E-state index is 0.137. The van der Waals surface area contributed by atoms with Gasteiger partial charge in [0.05, 0.1) is 0 Å². The third-order valence-electron chi connectivity index (χ3n) is 3.71. The number of carbonyl (C=O) groups excluding carboxylic acids is 1. The summed E-state index contributed by atoms with van der Waals surface area (Å²) < 4.78 is 0. The molecule has 4 heteroatoms. The summed E-state index contributed by atoms with van der Waals surface area (Å²) in [6.45, 7) is 2.71. The molecule has 0 fully saturated rings. The SMILES string of the molecule is CN(C)CCCNC(=O)CC1NCCc2ccccc21. The van der Waals surface area contributed by atoms with Gasteiger partial charge in [0.25, 0.3) is 0 Å². The van der Waals surface area contributed by atoms with Gasteiger partial charge in [0.15, 0.2) is 0 Å². The lowest BCUT2D eigenvalue weighted by Gasteiger charge is -2.26. The molecule has 1 aromatic carbocycles. The van der Waals surface area contributed by atoms with E-state index >= 15 is 0 Å². The summed E-state index contributed by atoms with van der Waals surface area (Å²) in [4.78, 5) is 14.1. The maximum Gasteiger partial charge on any atom is 0.221 e. The van der Waals surface area contributed by atoms with Crippen molar-refractivity contribution >= 4 is 5.91 Å². The van der Waals surface area contributed by atoms with E-state index in [1.807, 2.05) is 20.2 Å². The van der Waals surface area contributed by atoms with E-state index in [1.54, 1.807) is 0 Å². The van der Waals surface area contributed by atoms with E-state index in [0.717, 1.165) is 32.5 Å². The molecule has 1 unspecified atom stereocenters. The van der Waals surface area contributed by atoms with Gasteiger partial charge >= 0.3 is 0 Å². The van der Waals surface area contributed by atoms with E-state index in [1.165, 1.54) is 11.1 Å². The summed E-state index contributed by atoms with van der Waals surface area (Å²) in [6, 6.07) is 8.58. The van der Waals surface area contributed by atoms with Crippen LogP contribution in [0.15, 0.2) is 24.3 Å². The molecule has 110 valence electrons. The lowest BCUT2D eigenvalue weighted by molar-refractivity contribution is -0.121. The van der Waals surface area contributed by atoms with Crippen molar-refractivity contribution in [2.45, 2.75) is 25.3 Å². The number of hydrogen-bond donors (Lipinski definition) is 2. The van der Waals surface area contributed by atoms with Crippen LogP contribution in [-0.4, -0.2) is 44.5 Å². The Balaban J connectivity index is 1.80. The number of benzene rings is 1. The van der Waals surface area contributed by atoms with Crippen LogP contribution < -0.4 is 10.6 Å². The van der Waals surface area contributed by atoms with Crippen molar-refractivity contribution < 1.29 is 4.79 Å². The van der Waals surface area contributed by atoms with Gasteiger partial charge in [0.2, 0.25) is 5.91 Å². The van der Waals surface area contributed by atoms with Crippen LogP contribution in [0.25, 0.3) is 0 Å². The standard InChI is InChI=1S/C16H25N3O/c1-19(2)11-5-9-18-16(20)12-15-14-7-4-3-6-13(14)8-10-17-15/h3-4,6-7,15,17H,5,8-12H2,1-2H3,(H,18,20). The Hall–Kier alpha value is -1.39. The lowest BCUT2D eigenvalue weighted by Crippen LogP contribution is -2.35. The Kier molecular flexibility index (Phi) is 5.56. The molecule has 0 aromatic heterocycles. The summed E-state index contributed by atoms with van der Waals surface area (Å²) in [6.07, 6.45) is 2.57. The minimum Gasteiger partial charge on any atom is -0.356 e. The Morgan fingerprint density at radius 3 is 3.00 bits per heavy atom. The van der Waals surface area contributed by atoms with Crippen molar-refractivity contribution in [1.29, 1.82) is 0 Å². The number of nitrogens with zero attached hydrogens (tertiary/aromatic N) is 1. The fraction of sp³-hybridized carbons (Fsp3) is 0.562. The molecule has 1 aliphatic heterocycles. The van der Waals surface area contributed by atoms with Crippen LogP contribution in [0, 0.1) is 0 Å². The quantitative estimate of drug-likeness (QED) is 0.770. The van der Waals surface area contributed by atoms with Crippen LogP contribution in [0.4, 0.5) is 0 Å². The fourth-order valence-electron chi connectivity index (χ4n) is 2.66. The second-order valence-electron chi connectivity index (χ2n) is 5.67. The van der Waals surface area contributed by atoms with Crippen LogP contribution in [-0.2, 0) is 11.2 Å². The van der Waals surface area contributed by atoms with Crippen molar-refractivity contribution in [3.8, 4) is 0 Å². The highest BCUT2D eigenvalue weighted by Gasteiger charge is 2.21. The summed E-state index contributed by atoms with van der Waals surface area (Å²) >= 11 is 0. The molecule has 1 heterocycles. The molecule has 1 aromatic rings. The van der Waals surface area contributed by atoms with Crippen LogP contribution in [0.1, 0.15) is 30.0 Å². The number of amides is 1. The average molecular weight is 275 g/mol. The number of rotatable bonds is 6. The highest BCUT2D eigenvalue weighted by molar-refractivity contribution is 5.76. The van der Waals surface area contributed by atoms with Gasteiger partial charge in [-0.3, -0.25) is 4.79 Å². The zero-order chi connectivity index (χ0) is 14.4. The first-order valence-electron chi connectivity index (χ1n) is 7.39. The van der Waals surface area contributed by atoms with E-state index in [-0.39, 0.29) is 11.9 Å². The molecule has 0 saturated carbocycles. The van der Waals surface area contributed by atoms with Gasteiger partial charge in [-0.25, -0.2) is 0 Å². The van der Waals surface area contributed by atoms with Gasteiger partial charge in [-0.1, -0.05) is 24.3 Å². The Morgan fingerprint density at radius 2 is 2.20 bits per heavy atom. The highest BCUT2D eigenvalue weighted by atomic mass is 16.1. The molecular weight excluding hydrogens is 250 g/mol. The van der Waals surface area contributed by atoms with Crippen molar-refractivity contribution in [2.75, 3.05) is 33.7 Å². The molecule has 1 aliphatic rings. The smallest absolute Gasteiger partial charge is 0.221 e. The number of nitrogens with one attached hydrogen (secondary N) is 2. The number of fused-ring (bicyclic) bond motifs is 1. The first kappa shape index (κ1) is 15.0. The van der Waals surface area contributed by atoms with Crippen LogP contribution in [0.2, 0.25) is 0 Å². The summed E-state index contributed by atoms with van der Waals surface area (Å²) in [5, 5.41) is 6.46. The molecule has 20 heavy (non-hydrogen) atoms. The Labute approximate surface area is 121 Å². The zero-order valence-corrected chi connectivity index (χ0v) is 12.5. The molecular formula is C16H25N3O. The first-order valence-corrected chi connectivity index (χ1v) is 7.39. The number of carbonyl (C=O) groups is 1. The normalized spacial score (nSPS) is 17.9. The van der Waals surface area contributed by atoms with Gasteiger partial charge in [-0.15, -0.1) is 0 Å². The maximum absolute atomic E-state index is 12.0. The van der Waals surface area contributed by atoms with Gasteiger partial charge in [0.1, 0.15) is 0 Å². The van der Waals surface area contributed by atoms with Crippen LogP contribution >= 0.6 is 0 Å². The topological polar surface area (TPSA) is 44.4 Å². The molecule has 0 aliphatic carbocycles. The summed E-state index contributed by atoms with van der Waals surface area (Å²) in [7, 11) is 4.09. The molecule has 2 N–H and O–H groups in total. The van der Waals surface area contributed by atoms with Gasteiger partial charge in [-0.05, 0) is 51.2 Å². The molecule has 0 spiro atoms. The third-order valence-corrected chi connectivity index (χ3v) is 3.71. The van der Waals surface area contributed by atoms with E-state index < -0.39 is 0 Å². The van der Waals surface area contributed by atoms with E-state index in [0.29, 0.717) is 6.42 Å². The van der Waals surface area contributed by atoms with Crippen molar-refractivity contribution in [3.63, 3.8) is 0 Å². The molecule has 1 atom stereocenters.